The first-order chi connectivity index (χ1) is 8.54. The van der Waals surface area contributed by atoms with E-state index in [1.165, 1.54) is 0 Å². The van der Waals surface area contributed by atoms with Crippen molar-refractivity contribution in [1.82, 2.24) is 5.32 Å². The molecule has 0 bridgehead atoms. The first-order valence-corrected chi connectivity index (χ1v) is 5.79. The summed E-state index contributed by atoms with van der Waals surface area (Å²) in [4.78, 5) is 22.9. The molecule has 0 saturated carbocycles. The summed E-state index contributed by atoms with van der Waals surface area (Å²) in [7, 11) is 0. The largest absolute Gasteiger partial charge is 0.469 e. The first kappa shape index (κ1) is 14.2. The lowest BCUT2D eigenvalue weighted by Crippen LogP contribution is -2.49. The SMILES string of the molecule is CCOC(=O)C(N)C(=O)NC(C)Cc1ccco1. The molecule has 0 saturated heterocycles. The number of furan rings is 1. The van der Waals surface area contributed by atoms with Gasteiger partial charge in [0.2, 0.25) is 5.91 Å². The minimum Gasteiger partial charge on any atom is -0.469 e. The second-order valence-corrected chi connectivity index (χ2v) is 3.92. The van der Waals surface area contributed by atoms with Crippen LogP contribution in [0.3, 0.4) is 0 Å². The van der Waals surface area contributed by atoms with Crippen LogP contribution >= 0.6 is 0 Å². The Balaban J connectivity index is 2.41. The van der Waals surface area contributed by atoms with Crippen molar-refractivity contribution in [3.05, 3.63) is 24.2 Å². The highest BCUT2D eigenvalue weighted by atomic mass is 16.5. The van der Waals surface area contributed by atoms with Crippen LogP contribution in [0.5, 0.6) is 0 Å². The van der Waals surface area contributed by atoms with Gasteiger partial charge in [-0.05, 0) is 26.0 Å². The average Bonchev–Trinajstić information content (AvgIpc) is 2.80. The van der Waals surface area contributed by atoms with Crippen LogP contribution in [0, 0.1) is 0 Å². The van der Waals surface area contributed by atoms with Gasteiger partial charge in [-0.1, -0.05) is 0 Å². The highest BCUT2D eigenvalue weighted by Crippen LogP contribution is 2.03. The van der Waals surface area contributed by atoms with Crippen molar-refractivity contribution in [3.8, 4) is 0 Å². The van der Waals surface area contributed by atoms with Crippen molar-refractivity contribution in [2.75, 3.05) is 6.61 Å². The minimum absolute atomic E-state index is 0.177. The van der Waals surface area contributed by atoms with E-state index in [0.29, 0.717) is 6.42 Å². The Labute approximate surface area is 105 Å². The number of amides is 1. The predicted octanol–water partition coefficient (Wildman–Crippen LogP) is 0.217. The molecule has 0 radical (unpaired) electrons. The Bertz CT molecular complexity index is 389. The number of ether oxygens (including phenoxy) is 1. The van der Waals surface area contributed by atoms with Crippen LogP contribution in [0.15, 0.2) is 22.8 Å². The van der Waals surface area contributed by atoms with Gasteiger partial charge >= 0.3 is 5.97 Å². The Morgan fingerprint density at radius 2 is 2.28 bits per heavy atom. The van der Waals surface area contributed by atoms with Crippen LogP contribution in [0.4, 0.5) is 0 Å². The van der Waals surface area contributed by atoms with Crippen molar-refractivity contribution < 1.29 is 18.7 Å². The smallest absolute Gasteiger partial charge is 0.332 e. The van der Waals surface area contributed by atoms with Gasteiger partial charge in [-0.15, -0.1) is 0 Å². The van der Waals surface area contributed by atoms with Crippen LogP contribution in [-0.2, 0) is 20.7 Å². The van der Waals surface area contributed by atoms with Crippen LogP contribution < -0.4 is 11.1 Å². The third kappa shape index (κ3) is 4.21. The molecule has 3 N–H and O–H groups in total. The summed E-state index contributed by atoms with van der Waals surface area (Å²) < 4.78 is 9.83. The van der Waals surface area contributed by atoms with E-state index in [4.69, 9.17) is 10.2 Å². The van der Waals surface area contributed by atoms with E-state index in [0.717, 1.165) is 5.76 Å². The van der Waals surface area contributed by atoms with Gasteiger partial charge in [0, 0.05) is 12.5 Å². The summed E-state index contributed by atoms with van der Waals surface area (Å²) in [5.74, 6) is -0.514. The van der Waals surface area contributed by atoms with Gasteiger partial charge in [0.1, 0.15) is 5.76 Å². The van der Waals surface area contributed by atoms with Crippen molar-refractivity contribution in [2.45, 2.75) is 32.4 Å². The summed E-state index contributed by atoms with van der Waals surface area (Å²) in [5.41, 5.74) is 5.46. The van der Waals surface area contributed by atoms with E-state index in [-0.39, 0.29) is 12.6 Å². The minimum atomic E-state index is -1.29. The molecule has 0 fully saturated rings. The highest BCUT2D eigenvalue weighted by Gasteiger charge is 2.24. The maximum absolute atomic E-state index is 11.6. The first-order valence-electron chi connectivity index (χ1n) is 5.79. The molecule has 1 aromatic heterocycles. The number of carbonyl (C=O) groups is 2. The molecule has 0 aliphatic carbocycles. The second kappa shape index (κ2) is 6.80. The Morgan fingerprint density at radius 1 is 1.56 bits per heavy atom. The Morgan fingerprint density at radius 3 is 2.83 bits per heavy atom. The number of hydrogen-bond acceptors (Lipinski definition) is 5. The number of esters is 1. The third-order valence-electron chi connectivity index (χ3n) is 2.30. The van der Waals surface area contributed by atoms with Gasteiger partial charge in [0.15, 0.2) is 6.04 Å². The molecule has 2 unspecified atom stereocenters. The maximum Gasteiger partial charge on any atom is 0.332 e. The fourth-order valence-electron chi connectivity index (χ4n) is 1.45. The summed E-state index contributed by atoms with van der Waals surface area (Å²) in [6, 6.07) is 2.12. The summed E-state index contributed by atoms with van der Waals surface area (Å²) in [6.07, 6.45) is 2.10. The summed E-state index contributed by atoms with van der Waals surface area (Å²) >= 11 is 0. The number of nitrogens with one attached hydrogen (secondary N) is 1. The lowest BCUT2D eigenvalue weighted by molar-refractivity contribution is -0.148. The lowest BCUT2D eigenvalue weighted by Gasteiger charge is -2.15. The molecule has 6 heteroatoms. The highest BCUT2D eigenvalue weighted by molar-refractivity contribution is 6.01. The van der Waals surface area contributed by atoms with E-state index < -0.39 is 17.9 Å². The van der Waals surface area contributed by atoms with E-state index >= 15 is 0 Å². The third-order valence-corrected chi connectivity index (χ3v) is 2.30. The molecule has 0 aromatic carbocycles. The van der Waals surface area contributed by atoms with E-state index in [1.54, 1.807) is 26.2 Å². The van der Waals surface area contributed by atoms with Crippen molar-refractivity contribution in [1.29, 1.82) is 0 Å². The van der Waals surface area contributed by atoms with E-state index in [1.807, 2.05) is 6.07 Å². The fraction of sp³-hybridized carbons (Fsp3) is 0.500. The molecule has 0 spiro atoms. The average molecular weight is 254 g/mol. The number of nitrogens with two attached hydrogens (primary N) is 1. The predicted molar refractivity (Wildman–Crippen MR) is 64.6 cm³/mol. The molecule has 18 heavy (non-hydrogen) atoms. The van der Waals surface area contributed by atoms with Crippen LogP contribution in [0.25, 0.3) is 0 Å². The van der Waals surface area contributed by atoms with Crippen molar-refractivity contribution in [2.24, 2.45) is 5.73 Å². The standard InChI is InChI=1S/C12H18N2O4/c1-3-17-12(16)10(13)11(15)14-8(2)7-9-5-4-6-18-9/h4-6,8,10H,3,7,13H2,1-2H3,(H,14,15). The Hall–Kier alpha value is -1.82. The second-order valence-electron chi connectivity index (χ2n) is 3.92. The number of rotatable bonds is 6. The lowest BCUT2D eigenvalue weighted by atomic mass is 10.2. The molecule has 1 aromatic rings. The number of carbonyl (C=O) groups excluding carboxylic acids is 2. The quantitative estimate of drug-likeness (QED) is 0.559. The molecular formula is C12H18N2O4. The van der Waals surface area contributed by atoms with Crippen molar-refractivity contribution in [3.63, 3.8) is 0 Å². The van der Waals surface area contributed by atoms with E-state index in [2.05, 4.69) is 10.1 Å². The van der Waals surface area contributed by atoms with Crippen molar-refractivity contribution >= 4 is 11.9 Å². The summed E-state index contributed by atoms with van der Waals surface area (Å²) in [6.45, 7) is 3.65. The topological polar surface area (TPSA) is 94.6 Å². The fourth-order valence-corrected chi connectivity index (χ4v) is 1.45. The molecular weight excluding hydrogens is 236 g/mol. The Kier molecular flexibility index (Phi) is 5.38. The van der Waals surface area contributed by atoms with Gasteiger partial charge in [-0.25, -0.2) is 4.79 Å². The van der Waals surface area contributed by atoms with Gasteiger partial charge in [0.05, 0.1) is 12.9 Å². The van der Waals surface area contributed by atoms with Gasteiger partial charge in [-0.3, -0.25) is 4.79 Å². The van der Waals surface area contributed by atoms with Crippen LogP contribution in [0.2, 0.25) is 0 Å². The molecule has 100 valence electrons. The van der Waals surface area contributed by atoms with Gasteiger partial charge in [0.25, 0.3) is 0 Å². The van der Waals surface area contributed by atoms with Crippen LogP contribution in [0.1, 0.15) is 19.6 Å². The van der Waals surface area contributed by atoms with Gasteiger partial charge in [-0.2, -0.15) is 0 Å². The van der Waals surface area contributed by atoms with Crippen LogP contribution in [-0.4, -0.2) is 30.6 Å². The summed E-state index contributed by atoms with van der Waals surface area (Å²) in [5, 5.41) is 2.63. The zero-order valence-corrected chi connectivity index (χ0v) is 10.5. The molecule has 1 amide bonds. The van der Waals surface area contributed by atoms with Gasteiger partial charge < -0.3 is 20.2 Å². The molecule has 0 aliphatic heterocycles. The molecule has 0 aliphatic rings. The monoisotopic (exact) mass is 254 g/mol. The molecule has 2 atom stereocenters. The molecule has 1 heterocycles. The zero-order chi connectivity index (χ0) is 13.5. The molecule has 6 nitrogen and oxygen atoms in total. The number of hydrogen-bond donors (Lipinski definition) is 2. The maximum atomic E-state index is 11.6. The van der Waals surface area contributed by atoms with E-state index in [9.17, 15) is 9.59 Å². The normalized spacial score (nSPS) is 13.7. The molecule has 1 rings (SSSR count). The zero-order valence-electron chi connectivity index (χ0n) is 10.5.